The highest BCUT2D eigenvalue weighted by Gasteiger charge is 2.51. The molecular formula is C21H24BrN2O+. The summed E-state index contributed by atoms with van der Waals surface area (Å²) >= 11 is 3.50. The molecule has 25 heavy (non-hydrogen) atoms. The van der Waals surface area contributed by atoms with Gasteiger partial charge in [0.15, 0.2) is 6.54 Å². The number of rotatable bonds is 2. The fourth-order valence-electron chi connectivity index (χ4n) is 4.00. The van der Waals surface area contributed by atoms with Crippen LogP contribution in [-0.4, -0.2) is 28.6 Å². The average Bonchev–Trinajstić information content (AvgIpc) is 2.78. The van der Waals surface area contributed by atoms with Crippen molar-refractivity contribution in [2.24, 2.45) is 0 Å². The summed E-state index contributed by atoms with van der Waals surface area (Å²) in [5.74, 6) is 1.26. The van der Waals surface area contributed by atoms with Crippen LogP contribution >= 0.6 is 15.9 Å². The molecule has 4 rings (SSSR count). The number of amidine groups is 1. The Hall–Kier alpha value is -1.65. The summed E-state index contributed by atoms with van der Waals surface area (Å²) in [5, 5.41) is 11.7. The third-order valence-corrected chi connectivity index (χ3v) is 5.91. The van der Waals surface area contributed by atoms with Crippen LogP contribution < -0.4 is 4.90 Å². The maximum atomic E-state index is 11.7. The SMILES string of the molecule is Cc1ccc(N2C[C@@](O)(c3ccc(Br)cc3)[N+]3=C2CCCCC3)cc1. The molecule has 2 aromatic rings. The van der Waals surface area contributed by atoms with Gasteiger partial charge in [0.1, 0.15) is 5.69 Å². The number of halogens is 1. The molecule has 0 amide bonds. The molecule has 0 aliphatic carbocycles. The number of benzene rings is 2. The summed E-state index contributed by atoms with van der Waals surface area (Å²) in [6, 6.07) is 16.7. The first-order valence-electron chi connectivity index (χ1n) is 9.04. The van der Waals surface area contributed by atoms with Gasteiger partial charge in [0.25, 0.3) is 11.6 Å². The lowest BCUT2D eigenvalue weighted by Gasteiger charge is -2.23. The first-order chi connectivity index (χ1) is 12.1. The van der Waals surface area contributed by atoms with Gasteiger partial charge in [0.05, 0.1) is 6.54 Å². The van der Waals surface area contributed by atoms with Crippen molar-refractivity contribution in [2.75, 3.05) is 18.0 Å². The van der Waals surface area contributed by atoms with Gasteiger partial charge in [-0.05, 0) is 50.5 Å². The fraction of sp³-hybridized carbons (Fsp3) is 0.381. The second-order valence-electron chi connectivity index (χ2n) is 7.12. The summed E-state index contributed by atoms with van der Waals surface area (Å²) in [6.07, 6.45) is 4.56. The van der Waals surface area contributed by atoms with Crippen molar-refractivity contribution in [3.8, 4) is 0 Å². The van der Waals surface area contributed by atoms with E-state index in [1.165, 1.54) is 29.9 Å². The summed E-state index contributed by atoms with van der Waals surface area (Å²) in [6.45, 7) is 3.59. The van der Waals surface area contributed by atoms with Gasteiger partial charge in [-0.15, -0.1) is 0 Å². The molecule has 1 atom stereocenters. The van der Waals surface area contributed by atoms with E-state index in [-0.39, 0.29) is 0 Å². The van der Waals surface area contributed by atoms with Crippen molar-refractivity contribution >= 4 is 27.5 Å². The molecule has 0 radical (unpaired) electrons. The molecule has 0 aromatic heterocycles. The minimum Gasteiger partial charge on any atom is -0.346 e. The van der Waals surface area contributed by atoms with Gasteiger partial charge in [0, 0.05) is 16.5 Å². The summed E-state index contributed by atoms with van der Waals surface area (Å²) in [5.41, 5.74) is 2.42. The first kappa shape index (κ1) is 16.8. The Morgan fingerprint density at radius 2 is 1.72 bits per heavy atom. The molecule has 0 unspecified atom stereocenters. The Morgan fingerprint density at radius 1 is 1.00 bits per heavy atom. The normalized spacial score (nSPS) is 23.6. The number of aryl methyl sites for hydroxylation is 1. The van der Waals surface area contributed by atoms with Gasteiger partial charge in [-0.2, -0.15) is 0 Å². The Kier molecular flexibility index (Phi) is 4.42. The Labute approximate surface area is 157 Å². The van der Waals surface area contributed by atoms with Crippen molar-refractivity contribution < 1.29 is 9.68 Å². The summed E-state index contributed by atoms with van der Waals surface area (Å²) in [7, 11) is 0. The molecule has 1 N–H and O–H groups in total. The molecule has 0 saturated heterocycles. The van der Waals surface area contributed by atoms with Crippen LogP contribution in [0.15, 0.2) is 53.0 Å². The number of aliphatic hydroxyl groups is 1. The standard InChI is InChI=1S/C21H24BrN2O/c1-16-6-12-19(13-7-16)23-15-21(25,17-8-10-18(22)11-9-17)24-14-4-2-3-5-20(23)24/h6-13,25H,2-5,14-15H2,1H3/q+1/t21-/m1/s1. The van der Waals surface area contributed by atoms with Crippen LogP contribution in [-0.2, 0) is 5.72 Å². The second-order valence-corrected chi connectivity index (χ2v) is 8.04. The van der Waals surface area contributed by atoms with Crippen LogP contribution in [0.2, 0.25) is 0 Å². The zero-order valence-electron chi connectivity index (χ0n) is 14.6. The topological polar surface area (TPSA) is 26.5 Å². The molecule has 2 aliphatic rings. The quantitative estimate of drug-likeness (QED) is 0.756. The van der Waals surface area contributed by atoms with E-state index in [2.05, 4.69) is 56.6 Å². The number of anilines is 1. The van der Waals surface area contributed by atoms with Crippen LogP contribution in [0.3, 0.4) is 0 Å². The van der Waals surface area contributed by atoms with E-state index in [0.29, 0.717) is 6.54 Å². The third kappa shape index (κ3) is 3.02. The molecule has 0 fully saturated rings. The zero-order valence-corrected chi connectivity index (χ0v) is 16.2. The highest BCUT2D eigenvalue weighted by atomic mass is 79.9. The van der Waals surface area contributed by atoms with Crippen LogP contribution in [0.1, 0.15) is 36.8 Å². The lowest BCUT2D eigenvalue weighted by molar-refractivity contribution is -0.658. The molecule has 2 aromatic carbocycles. The Morgan fingerprint density at radius 3 is 2.44 bits per heavy atom. The molecule has 0 spiro atoms. The molecule has 0 saturated carbocycles. The monoisotopic (exact) mass is 399 g/mol. The molecule has 0 bridgehead atoms. The molecule has 2 aliphatic heterocycles. The van der Waals surface area contributed by atoms with Gasteiger partial charge in [-0.25, -0.2) is 9.48 Å². The Balaban J connectivity index is 1.79. The predicted octanol–water partition coefficient (Wildman–Crippen LogP) is 4.41. The van der Waals surface area contributed by atoms with Crippen LogP contribution in [0.25, 0.3) is 0 Å². The third-order valence-electron chi connectivity index (χ3n) is 5.38. The zero-order chi connectivity index (χ0) is 17.4. The smallest absolute Gasteiger partial charge is 0.271 e. The van der Waals surface area contributed by atoms with Crippen molar-refractivity contribution in [3.63, 3.8) is 0 Å². The second kappa shape index (κ2) is 6.58. The van der Waals surface area contributed by atoms with Gasteiger partial charge in [0.2, 0.25) is 0 Å². The molecular weight excluding hydrogens is 376 g/mol. The maximum absolute atomic E-state index is 11.7. The highest BCUT2D eigenvalue weighted by molar-refractivity contribution is 9.10. The minimum atomic E-state index is -0.967. The number of β-amino-alcohol motifs (C(OH)–C–C–N with tert-alkyl or cyclic N) is 1. The minimum absolute atomic E-state index is 0.576. The molecule has 4 heteroatoms. The largest absolute Gasteiger partial charge is 0.346 e. The van der Waals surface area contributed by atoms with Gasteiger partial charge in [-0.3, -0.25) is 0 Å². The summed E-state index contributed by atoms with van der Waals surface area (Å²) in [4.78, 5) is 2.31. The van der Waals surface area contributed by atoms with Crippen molar-refractivity contribution in [1.82, 2.24) is 0 Å². The number of hydrogen-bond acceptors (Lipinski definition) is 2. The van der Waals surface area contributed by atoms with E-state index < -0.39 is 5.72 Å². The Bertz CT molecular complexity index is 798. The van der Waals surface area contributed by atoms with E-state index in [4.69, 9.17) is 0 Å². The highest BCUT2D eigenvalue weighted by Crippen LogP contribution is 2.35. The lowest BCUT2D eigenvalue weighted by Crippen LogP contribution is -2.41. The van der Waals surface area contributed by atoms with Crippen molar-refractivity contribution in [1.29, 1.82) is 0 Å². The van der Waals surface area contributed by atoms with Crippen molar-refractivity contribution in [2.45, 2.75) is 38.3 Å². The van der Waals surface area contributed by atoms with Crippen LogP contribution in [0.4, 0.5) is 5.69 Å². The van der Waals surface area contributed by atoms with E-state index in [1.807, 2.05) is 24.3 Å². The van der Waals surface area contributed by atoms with Gasteiger partial charge >= 0.3 is 0 Å². The number of nitrogens with zero attached hydrogens (tertiary/aromatic N) is 2. The molecule has 3 nitrogen and oxygen atoms in total. The van der Waals surface area contributed by atoms with E-state index in [1.54, 1.807) is 0 Å². The molecule has 2 heterocycles. The van der Waals surface area contributed by atoms with Crippen molar-refractivity contribution in [3.05, 3.63) is 64.1 Å². The maximum Gasteiger partial charge on any atom is 0.271 e. The van der Waals surface area contributed by atoms with E-state index in [9.17, 15) is 5.11 Å². The number of hydrogen-bond donors (Lipinski definition) is 1. The van der Waals surface area contributed by atoms with Crippen LogP contribution in [0.5, 0.6) is 0 Å². The van der Waals surface area contributed by atoms with Gasteiger partial charge < -0.3 is 5.11 Å². The van der Waals surface area contributed by atoms with E-state index in [0.717, 1.165) is 29.4 Å². The fourth-order valence-corrected chi connectivity index (χ4v) is 4.26. The molecule has 130 valence electrons. The van der Waals surface area contributed by atoms with Crippen LogP contribution in [0, 0.1) is 6.92 Å². The van der Waals surface area contributed by atoms with E-state index >= 15 is 0 Å². The first-order valence-corrected chi connectivity index (χ1v) is 9.83. The lowest BCUT2D eigenvalue weighted by atomic mass is 10.0. The predicted molar refractivity (Wildman–Crippen MR) is 105 cm³/mol. The average molecular weight is 400 g/mol. The van der Waals surface area contributed by atoms with Gasteiger partial charge in [-0.1, -0.05) is 45.8 Å². The summed E-state index contributed by atoms with van der Waals surface area (Å²) < 4.78 is 3.27.